The van der Waals surface area contributed by atoms with Crippen LogP contribution in [0.15, 0.2) is 66.7 Å². The lowest BCUT2D eigenvalue weighted by molar-refractivity contribution is 0.0520. The van der Waals surface area contributed by atoms with E-state index in [-0.39, 0.29) is 18.5 Å². The fourth-order valence-corrected chi connectivity index (χ4v) is 4.41. The van der Waals surface area contributed by atoms with Gasteiger partial charge in [0.2, 0.25) is 0 Å². The minimum Gasteiger partial charge on any atom is -0.497 e. The Kier molecular flexibility index (Phi) is 5.71. The number of carbonyl (C=O) groups is 1. The van der Waals surface area contributed by atoms with Gasteiger partial charge in [-0.05, 0) is 78.9 Å². The van der Waals surface area contributed by atoms with Crippen LogP contribution in [0.4, 0.5) is 17.2 Å². The molecule has 1 aromatic heterocycles. The van der Waals surface area contributed by atoms with Gasteiger partial charge in [-0.2, -0.15) is 5.26 Å². The van der Waals surface area contributed by atoms with Crippen molar-refractivity contribution < 1.29 is 14.3 Å². The highest BCUT2D eigenvalue weighted by atomic mass is 16.5. The summed E-state index contributed by atoms with van der Waals surface area (Å²) in [6.45, 7) is 4.06. The maximum atomic E-state index is 12.8. The number of carbonyl (C=O) groups excluding carboxylic acids is 1. The molecule has 3 aromatic carbocycles. The van der Waals surface area contributed by atoms with E-state index in [1.807, 2.05) is 55.5 Å². The van der Waals surface area contributed by atoms with E-state index in [1.165, 1.54) is 0 Å². The largest absolute Gasteiger partial charge is 0.497 e. The van der Waals surface area contributed by atoms with Crippen molar-refractivity contribution in [1.82, 2.24) is 4.98 Å². The number of nitrogens with zero attached hydrogens (tertiary/aromatic N) is 3. The van der Waals surface area contributed by atoms with Crippen molar-refractivity contribution >= 4 is 33.9 Å². The van der Waals surface area contributed by atoms with E-state index in [9.17, 15) is 10.1 Å². The van der Waals surface area contributed by atoms with Crippen molar-refractivity contribution in [1.29, 1.82) is 5.26 Å². The monoisotopic (exact) mass is 464 g/mol. The lowest BCUT2D eigenvalue weighted by Crippen LogP contribution is -2.34. The summed E-state index contributed by atoms with van der Waals surface area (Å²) < 4.78 is 10.6. The van der Waals surface area contributed by atoms with E-state index in [4.69, 9.17) is 14.5 Å². The Labute approximate surface area is 203 Å². The molecule has 0 aliphatic carbocycles. The van der Waals surface area contributed by atoms with Crippen molar-refractivity contribution in [2.75, 3.05) is 23.9 Å². The lowest BCUT2D eigenvalue weighted by atomic mass is 9.98. The number of aromatic nitrogens is 1. The van der Waals surface area contributed by atoms with Crippen molar-refractivity contribution in [3.05, 3.63) is 89.1 Å². The highest BCUT2D eigenvalue weighted by molar-refractivity contribution is 6.08. The number of nitriles is 1. The number of hydrogen-bond acceptors (Lipinski definition) is 7. The minimum atomic E-state index is -0.460. The third-order valence-electron chi connectivity index (χ3n) is 6.16. The van der Waals surface area contributed by atoms with Crippen molar-refractivity contribution in [3.63, 3.8) is 0 Å². The molecule has 0 saturated heterocycles. The molecule has 1 aliphatic heterocycles. The summed E-state index contributed by atoms with van der Waals surface area (Å²) in [4.78, 5) is 19.7. The number of methoxy groups -OCH3 is 1. The second-order valence-corrected chi connectivity index (χ2v) is 8.25. The number of aryl methyl sites for hydroxylation is 1. The number of rotatable bonds is 5. The van der Waals surface area contributed by atoms with Gasteiger partial charge >= 0.3 is 5.97 Å². The highest BCUT2D eigenvalue weighted by Crippen LogP contribution is 2.46. The van der Waals surface area contributed by atoms with Gasteiger partial charge < -0.3 is 19.7 Å². The van der Waals surface area contributed by atoms with Crippen LogP contribution in [0.3, 0.4) is 0 Å². The predicted molar refractivity (Wildman–Crippen MR) is 135 cm³/mol. The second kappa shape index (κ2) is 8.99. The zero-order chi connectivity index (χ0) is 24.5. The summed E-state index contributed by atoms with van der Waals surface area (Å²) in [5.41, 5.74) is 4.61. The number of pyridine rings is 1. The summed E-state index contributed by atoms with van der Waals surface area (Å²) in [7, 11) is 1.63. The Bertz CT molecular complexity index is 1460. The lowest BCUT2D eigenvalue weighted by Gasteiger charge is -2.39. The fraction of sp³-hybridized carbons (Fsp3) is 0.179. The summed E-state index contributed by atoms with van der Waals surface area (Å²) in [6.07, 6.45) is -0.334. The van der Waals surface area contributed by atoms with E-state index < -0.39 is 5.97 Å². The third kappa shape index (κ3) is 3.89. The average molecular weight is 465 g/mol. The topological polar surface area (TPSA) is 87.5 Å². The average Bonchev–Trinajstić information content (AvgIpc) is 2.90. The van der Waals surface area contributed by atoms with E-state index in [1.54, 1.807) is 32.2 Å². The van der Waals surface area contributed by atoms with Crippen LogP contribution in [-0.4, -0.2) is 24.7 Å². The van der Waals surface area contributed by atoms with Gasteiger partial charge in [-0.15, -0.1) is 0 Å². The molecule has 5 rings (SSSR count). The number of hydrogen-bond donors (Lipinski definition) is 1. The molecular weight excluding hydrogens is 440 g/mol. The van der Waals surface area contributed by atoms with E-state index in [0.717, 1.165) is 39.0 Å². The van der Waals surface area contributed by atoms with Crippen LogP contribution < -0.4 is 15.0 Å². The molecule has 0 fully saturated rings. The summed E-state index contributed by atoms with van der Waals surface area (Å²) in [5.74, 6) is 0.935. The zero-order valence-corrected chi connectivity index (χ0v) is 19.7. The molecule has 0 amide bonds. The van der Waals surface area contributed by atoms with Crippen molar-refractivity contribution in [3.8, 4) is 11.8 Å². The Morgan fingerprint density at radius 1 is 1.11 bits per heavy atom. The molecule has 174 valence electrons. The van der Waals surface area contributed by atoms with Gasteiger partial charge in [-0.25, -0.2) is 9.78 Å². The van der Waals surface area contributed by atoms with Crippen LogP contribution in [0.1, 0.15) is 40.3 Å². The fourth-order valence-electron chi connectivity index (χ4n) is 4.41. The first-order valence-electron chi connectivity index (χ1n) is 11.4. The van der Waals surface area contributed by atoms with Crippen LogP contribution in [0.5, 0.6) is 5.75 Å². The molecule has 4 aromatic rings. The molecule has 1 unspecified atom stereocenters. The number of ether oxygens (including phenoxy) is 2. The molecule has 0 saturated carbocycles. The molecule has 1 atom stereocenters. The summed E-state index contributed by atoms with van der Waals surface area (Å²) >= 11 is 0. The molecule has 0 radical (unpaired) electrons. The number of nitrogens with one attached hydrogen (secondary N) is 1. The third-order valence-corrected chi connectivity index (χ3v) is 6.16. The molecule has 1 aliphatic rings. The van der Waals surface area contributed by atoms with Crippen LogP contribution in [0, 0.1) is 18.3 Å². The van der Waals surface area contributed by atoms with Gasteiger partial charge in [0.25, 0.3) is 0 Å². The van der Waals surface area contributed by atoms with Crippen LogP contribution in [-0.2, 0) is 4.74 Å². The summed E-state index contributed by atoms with van der Waals surface area (Å²) in [5, 5.41) is 14.8. The molecule has 35 heavy (non-hydrogen) atoms. The van der Waals surface area contributed by atoms with Gasteiger partial charge in [0.15, 0.2) is 5.69 Å². The number of esters is 1. The number of benzene rings is 3. The molecule has 1 N–H and O–H groups in total. The Morgan fingerprint density at radius 3 is 2.51 bits per heavy atom. The molecule has 7 nitrogen and oxygen atoms in total. The standard InChI is InChI=1S/C28H24N4O3/c1-4-35-28(33)24-15-22-17(2)5-14-23-25(22)27(31-24)32(20-10-12-21(34-3)13-11-20)26(30-23)19-8-6-18(16-29)7-9-19/h5-15,26,30H,4H2,1-3H3. The van der Waals surface area contributed by atoms with Gasteiger partial charge in [0.1, 0.15) is 17.7 Å². The number of anilines is 3. The molecular formula is C28H24N4O3. The van der Waals surface area contributed by atoms with Crippen LogP contribution >= 0.6 is 0 Å². The molecule has 0 spiro atoms. The Balaban J connectivity index is 1.77. The van der Waals surface area contributed by atoms with Crippen molar-refractivity contribution in [2.24, 2.45) is 0 Å². The maximum absolute atomic E-state index is 12.8. The SMILES string of the molecule is CCOC(=O)c1cc2c(C)ccc3c2c(n1)N(c1ccc(OC)cc1)C(c1ccc(C#N)cc1)N3. The quantitative estimate of drug-likeness (QED) is 0.370. The van der Waals surface area contributed by atoms with Crippen LogP contribution in [0.2, 0.25) is 0 Å². The molecule has 0 bridgehead atoms. The summed E-state index contributed by atoms with van der Waals surface area (Å²) in [6, 6.07) is 23.2. The van der Waals surface area contributed by atoms with Crippen LogP contribution in [0.25, 0.3) is 10.8 Å². The molecule has 2 heterocycles. The minimum absolute atomic E-state index is 0.258. The first kappa shape index (κ1) is 22.2. The first-order chi connectivity index (χ1) is 17.0. The smallest absolute Gasteiger partial charge is 0.357 e. The normalized spacial score (nSPS) is 14.2. The Morgan fingerprint density at radius 2 is 1.86 bits per heavy atom. The zero-order valence-electron chi connectivity index (χ0n) is 19.7. The highest BCUT2D eigenvalue weighted by Gasteiger charge is 2.32. The maximum Gasteiger partial charge on any atom is 0.357 e. The molecule has 7 heteroatoms. The van der Waals surface area contributed by atoms with E-state index >= 15 is 0 Å². The van der Waals surface area contributed by atoms with Gasteiger partial charge in [-0.3, -0.25) is 0 Å². The predicted octanol–water partition coefficient (Wildman–Crippen LogP) is 5.86. The van der Waals surface area contributed by atoms with E-state index in [0.29, 0.717) is 11.4 Å². The Hall–Kier alpha value is -4.57. The van der Waals surface area contributed by atoms with Gasteiger partial charge in [0.05, 0.1) is 25.3 Å². The van der Waals surface area contributed by atoms with Gasteiger partial charge in [-0.1, -0.05) is 18.2 Å². The second-order valence-electron chi connectivity index (χ2n) is 8.25. The van der Waals surface area contributed by atoms with Gasteiger partial charge in [0, 0.05) is 16.8 Å². The van der Waals surface area contributed by atoms with E-state index in [2.05, 4.69) is 16.3 Å². The first-order valence-corrected chi connectivity index (χ1v) is 11.4. The van der Waals surface area contributed by atoms with Crippen molar-refractivity contribution in [2.45, 2.75) is 20.0 Å².